The van der Waals surface area contributed by atoms with Gasteiger partial charge in [0.05, 0.1) is 13.2 Å². The second-order valence-corrected chi connectivity index (χ2v) is 5.96. The van der Waals surface area contributed by atoms with Gasteiger partial charge in [-0.25, -0.2) is 0 Å². The zero-order valence-corrected chi connectivity index (χ0v) is 13.2. The highest BCUT2D eigenvalue weighted by Crippen LogP contribution is 2.08. The van der Waals surface area contributed by atoms with Crippen LogP contribution in [0.4, 0.5) is 0 Å². The van der Waals surface area contributed by atoms with E-state index in [1.165, 1.54) is 0 Å². The summed E-state index contributed by atoms with van der Waals surface area (Å²) in [5, 5.41) is 3.00. The zero-order chi connectivity index (χ0) is 13.7. The summed E-state index contributed by atoms with van der Waals surface area (Å²) >= 11 is 2.21. The largest absolute Gasteiger partial charge is 0.379 e. The van der Waals surface area contributed by atoms with Crippen LogP contribution in [0.2, 0.25) is 0 Å². The van der Waals surface area contributed by atoms with Gasteiger partial charge in [0, 0.05) is 34.8 Å². The number of nitrogens with zero attached hydrogens (tertiary/aromatic N) is 1. The first-order chi connectivity index (χ1) is 9.16. The molecular formula is C14H19IN2O2. The molecule has 1 atom stereocenters. The Balaban J connectivity index is 1.82. The van der Waals surface area contributed by atoms with E-state index in [0.29, 0.717) is 12.6 Å². The van der Waals surface area contributed by atoms with Gasteiger partial charge in [0.25, 0.3) is 5.91 Å². The Morgan fingerprint density at radius 3 is 2.89 bits per heavy atom. The third kappa shape index (κ3) is 4.43. The fourth-order valence-electron chi connectivity index (χ4n) is 2.12. The Labute approximate surface area is 127 Å². The molecule has 4 nitrogen and oxygen atoms in total. The summed E-state index contributed by atoms with van der Waals surface area (Å²) in [6.45, 7) is 6.27. The van der Waals surface area contributed by atoms with E-state index in [0.717, 1.165) is 35.4 Å². The minimum Gasteiger partial charge on any atom is -0.379 e. The quantitative estimate of drug-likeness (QED) is 0.817. The highest BCUT2D eigenvalue weighted by Gasteiger charge is 2.17. The maximum absolute atomic E-state index is 12.0. The van der Waals surface area contributed by atoms with Crippen LogP contribution in [-0.4, -0.2) is 49.7 Å². The van der Waals surface area contributed by atoms with E-state index in [4.69, 9.17) is 4.74 Å². The summed E-state index contributed by atoms with van der Waals surface area (Å²) < 4.78 is 6.40. The van der Waals surface area contributed by atoms with Crippen molar-refractivity contribution in [3.63, 3.8) is 0 Å². The van der Waals surface area contributed by atoms with Crippen molar-refractivity contribution < 1.29 is 9.53 Å². The van der Waals surface area contributed by atoms with Crippen molar-refractivity contribution in [2.75, 3.05) is 32.8 Å². The summed E-state index contributed by atoms with van der Waals surface area (Å²) in [6, 6.07) is 7.97. The number of benzene rings is 1. The second-order valence-electron chi connectivity index (χ2n) is 4.72. The summed E-state index contributed by atoms with van der Waals surface area (Å²) in [5.41, 5.74) is 0.723. The molecule has 1 heterocycles. The number of carbonyl (C=O) groups excluding carboxylic acids is 1. The van der Waals surface area contributed by atoms with E-state index in [-0.39, 0.29) is 5.91 Å². The summed E-state index contributed by atoms with van der Waals surface area (Å²) in [5.74, 6) is -0.00127. The lowest BCUT2D eigenvalue weighted by Crippen LogP contribution is -2.47. The van der Waals surface area contributed by atoms with E-state index in [1.54, 1.807) is 0 Å². The summed E-state index contributed by atoms with van der Waals surface area (Å²) in [6.07, 6.45) is 0. The smallest absolute Gasteiger partial charge is 0.251 e. The monoisotopic (exact) mass is 374 g/mol. The van der Waals surface area contributed by atoms with E-state index >= 15 is 0 Å². The Morgan fingerprint density at radius 1 is 1.47 bits per heavy atom. The zero-order valence-electron chi connectivity index (χ0n) is 11.1. The van der Waals surface area contributed by atoms with E-state index in [2.05, 4.69) is 39.7 Å². The van der Waals surface area contributed by atoms with Gasteiger partial charge < -0.3 is 10.1 Å². The number of nitrogens with one attached hydrogen (secondary N) is 1. The first-order valence-electron chi connectivity index (χ1n) is 6.52. The maximum atomic E-state index is 12.0. The van der Waals surface area contributed by atoms with Crippen molar-refractivity contribution in [3.8, 4) is 0 Å². The van der Waals surface area contributed by atoms with Crippen LogP contribution in [0.1, 0.15) is 17.3 Å². The number of hydrogen-bond acceptors (Lipinski definition) is 3. The molecule has 104 valence electrons. The molecule has 1 amide bonds. The molecule has 1 saturated heterocycles. The number of morpholine rings is 1. The number of rotatable bonds is 4. The minimum absolute atomic E-state index is 0.00127. The molecular weight excluding hydrogens is 355 g/mol. The van der Waals surface area contributed by atoms with Crippen LogP contribution in [0, 0.1) is 3.57 Å². The van der Waals surface area contributed by atoms with Crippen LogP contribution in [0.15, 0.2) is 24.3 Å². The summed E-state index contributed by atoms with van der Waals surface area (Å²) in [7, 11) is 0. The van der Waals surface area contributed by atoms with Crippen molar-refractivity contribution in [3.05, 3.63) is 33.4 Å². The predicted octanol–water partition coefficient (Wildman–Crippen LogP) is 1.74. The molecule has 2 rings (SSSR count). The third-order valence-electron chi connectivity index (χ3n) is 3.31. The van der Waals surface area contributed by atoms with Crippen molar-refractivity contribution in [2.45, 2.75) is 13.0 Å². The maximum Gasteiger partial charge on any atom is 0.251 e. The molecule has 0 aromatic heterocycles. The lowest BCUT2D eigenvalue weighted by Gasteiger charge is -2.32. The van der Waals surface area contributed by atoms with Crippen LogP contribution >= 0.6 is 22.6 Å². The molecule has 0 radical (unpaired) electrons. The Hall–Kier alpha value is -0.660. The van der Waals surface area contributed by atoms with Crippen molar-refractivity contribution in [2.24, 2.45) is 0 Å². The van der Waals surface area contributed by atoms with Gasteiger partial charge in [-0.2, -0.15) is 0 Å². The van der Waals surface area contributed by atoms with Crippen LogP contribution in [0.25, 0.3) is 0 Å². The Bertz CT molecular complexity index is 433. The standard InChI is InChI=1S/C14H19IN2O2/c1-11(17-5-7-19-8-6-17)10-16-14(18)12-3-2-4-13(15)9-12/h2-4,9,11H,5-8,10H2,1H3,(H,16,18)/t11-/m1/s1. The number of halogens is 1. The topological polar surface area (TPSA) is 41.6 Å². The fraction of sp³-hybridized carbons (Fsp3) is 0.500. The van der Waals surface area contributed by atoms with Crippen LogP contribution in [-0.2, 0) is 4.74 Å². The van der Waals surface area contributed by atoms with Gasteiger partial charge in [-0.3, -0.25) is 9.69 Å². The number of amides is 1. The van der Waals surface area contributed by atoms with Crippen LogP contribution in [0.3, 0.4) is 0 Å². The molecule has 19 heavy (non-hydrogen) atoms. The minimum atomic E-state index is -0.00127. The molecule has 1 N–H and O–H groups in total. The molecule has 0 spiro atoms. The van der Waals surface area contributed by atoms with Crippen LogP contribution in [0.5, 0.6) is 0 Å². The van der Waals surface area contributed by atoms with E-state index in [1.807, 2.05) is 24.3 Å². The molecule has 5 heteroatoms. The highest BCUT2D eigenvalue weighted by atomic mass is 127. The van der Waals surface area contributed by atoms with Crippen LogP contribution < -0.4 is 5.32 Å². The molecule has 0 aliphatic carbocycles. The number of hydrogen-bond donors (Lipinski definition) is 1. The van der Waals surface area contributed by atoms with Gasteiger partial charge in [0.15, 0.2) is 0 Å². The normalized spacial score (nSPS) is 18.0. The molecule has 1 fully saturated rings. The SMILES string of the molecule is C[C@H](CNC(=O)c1cccc(I)c1)N1CCOCC1. The molecule has 0 unspecified atom stereocenters. The van der Waals surface area contributed by atoms with Gasteiger partial charge in [-0.15, -0.1) is 0 Å². The molecule has 0 saturated carbocycles. The van der Waals surface area contributed by atoms with Gasteiger partial charge in [-0.1, -0.05) is 6.07 Å². The highest BCUT2D eigenvalue weighted by molar-refractivity contribution is 14.1. The van der Waals surface area contributed by atoms with E-state index < -0.39 is 0 Å². The molecule has 1 aromatic carbocycles. The van der Waals surface area contributed by atoms with Gasteiger partial charge in [0.2, 0.25) is 0 Å². The van der Waals surface area contributed by atoms with Crippen molar-refractivity contribution >= 4 is 28.5 Å². The molecule has 1 aliphatic heterocycles. The van der Waals surface area contributed by atoms with Crippen molar-refractivity contribution in [1.82, 2.24) is 10.2 Å². The average Bonchev–Trinajstić information content (AvgIpc) is 2.45. The fourth-order valence-corrected chi connectivity index (χ4v) is 2.66. The summed E-state index contributed by atoms with van der Waals surface area (Å²) in [4.78, 5) is 14.4. The average molecular weight is 374 g/mol. The second kappa shape index (κ2) is 7.21. The van der Waals surface area contributed by atoms with Gasteiger partial charge >= 0.3 is 0 Å². The lowest BCUT2D eigenvalue weighted by molar-refractivity contribution is 0.0204. The first-order valence-corrected chi connectivity index (χ1v) is 7.60. The number of carbonyl (C=O) groups is 1. The Morgan fingerprint density at radius 2 is 2.21 bits per heavy atom. The van der Waals surface area contributed by atoms with Gasteiger partial charge in [0.1, 0.15) is 0 Å². The van der Waals surface area contributed by atoms with Crippen molar-refractivity contribution in [1.29, 1.82) is 0 Å². The third-order valence-corrected chi connectivity index (χ3v) is 3.98. The Kier molecular flexibility index (Phi) is 5.59. The molecule has 1 aliphatic rings. The number of ether oxygens (including phenoxy) is 1. The van der Waals surface area contributed by atoms with Gasteiger partial charge in [-0.05, 0) is 47.7 Å². The predicted molar refractivity (Wildman–Crippen MR) is 83.3 cm³/mol. The van der Waals surface area contributed by atoms with E-state index in [9.17, 15) is 4.79 Å². The molecule has 0 bridgehead atoms. The molecule has 1 aromatic rings. The lowest BCUT2D eigenvalue weighted by atomic mass is 10.2. The first kappa shape index (κ1) is 14.7.